The fourth-order valence-corrected chi connectivity index (χ4v) is 2.83. The molecule has 0 fully saturated rings. The minimum atomic E-state index is 1.12. The molecule has 0 saturated carbocycles. The van der Waals surface area contributed by atoms with Crippen molar-refractivity contribution in [1.29, 1.82) is 0 Å². The summed E-state index contributed by atoms with van der Waals surface area (Å²) in [5.74, 6) is 0. The molecule has 0 aliphatic heterocycles. The van der Waals surface area contributed by atoms with Gasteiger partial charge in [0.05, 0.1) is 0 Å². The summed E-state index contributed by atoms with van der Waals surface area (Å²) in [6.45, 7) is 12.0. The molecule has 0 aliphatic carbocycles. The van der Waals surface area contributed by atoms with Crippen molar-refractivity contribution in [2.75, 3.05) is 4.90 Å². The Morgan fingerprint density at radius 2 is 1.04 bits per heavy atom. The predicted octanol–water partition coefficient (Wildman–Crippen LogP) is 7.06. The van der Waals surface area contributed by atoms with Gasteiger partial charge in [0.2, 0.25) is 0 Å². The lowest BCUT2D eigenvalue weighted by molar-refractivity contribution is 1.25. The van der Waals surface area contributed by atoms with Crippen molar-refractivity contribution < 1.29 is 0 Å². The van der Waals surface area contributed by atoms with E-state index in [2.05, 4.69) is 98.6 Å². The van der Waals surface area contributed by atoms with Crippen molar-refractivity contribution in [3.8, 4) is 0 Å². The van der Waals surface area contributed by atoms with Crippen LogP contribution in [0.3, 0.4) is 0 Å². The monoisotopic (exact) mass is 325 g/mol. The summed E-state index contributed by atoms with van der Waals surface area (Å²) in [4.78, 5) is 2.27. The fraction of sp³-hybridized carbons (Fsp3) is 0.0833. The van der Waals surface area contributed by atoms with Crippen LogP contribution in [0.25, 0.3) is 12.2 Å². The van der Waals surface area contributed by atoms with Crippen LogP contribution >= 0.6 is 0 Å². The van der Waals surface area contributed by atoms with E-state index in [4.69, 9.17) is 0 Å². The molecule has 3 aromatic rings. The maximum absolute atomic E-state index is 3.84. The summed E-state index contributed by atoms with van der Waals surface area (Å²) in [5, 5.41) is 0. The van der Waals surface area contributed by atoms with E-state index >= 15 is 0 Å². The van der Waals surface area contributed by atoms with Crippen LogP contribution in [-0.4, -0.2) is 0 Å². The molecular formula is C24H23N. The predicted molar refractivity (Wildman–Crippen MR) is 111 cm³/mol. The van der Waals surface area contributed by atoms with E-state index in [1.54, 1.807) is 0 Å². The van der Waals surface area contributed by atoms with Crippen molar-refractivity contribution in [1.82, 2.24) is 0 Å². The standard InChI is InChI=1S/C24H23N/c1-5-20-8-13-22(14-9-20)25(23-15-10-21(6-2)11-16-23)24-12-7-18(3)19(4)17-24/h5-17H,1-2H2,3-4H3. The molecule has 0 saturated heterocycles. The molecule has 3 aromatic carbocycles. The van der Waals surface area contributed by atoms with Crippen LogP contribution in [0.15, 0.2) is 79.9 Å². The van der Waals surface area contributed by atoms with Gasteiger partial charge < -0.3 is 4.90 Å². The van der Waals surface area contributed by atoms with Crippen LogP contribution in [0.2, 0.25) is 0 Å². The Hall–Kier alpha value is -3.06. The molecule has 0 spiro atoms. The molecule has 0 aliphatic rings. The molecule has 0 atom stereocenters. The summed E-state index contributed by atoms with van der Waals surface area (Å²) in [7, 11) is 0. The van der Waals surface area contributed by atoms with Crippen molar-refractivity contribution in [2.45, 2.75) is 13.8 Å². The quantitative estimate of drug-likeness (QED) is 0.485. The Bertz CT molecular complexity index is 835. The van der Waals surface area contributed by atoms with Crippen LogP contribution in [0.4, 0.5) is 17.1 Å². The second kappa shape index (κ2) is 7.23. The van der Waals surface area contributed by atoms with E-state index in [1.165, 1.54) is 11.1 Å². The zero-order valence-electron chi connectivity index (χ0n) is 14.9. The Balaban J connectivity index is 2.13. The normalized spacial score (nSPS) is 10.3. The van der Waals surface area contributed by atoms with E-state index in [0.29, 0.717) is 0 Å². The Labute approximate surface area is 150 Å². The van der Waals surface area contributed by atoms with Gasteiger partial charge in [0.25, 0.3) is 0 Å². The topological polar surface area (TPSA) is 3.24 Å². The van der Waals surface area contributed by atoms with Gasteiger partial charge in [0.1, 0.15) is 0 Å². The van der Waals surface area contributed by atoms with Gasteiger partial charge in [-0.1, -0.05) is 55.6 Å². The van der Waals surface area contributed by atoms with Crippen LogP contribution in [0.5, 0.6) is 0 Å². The largest absolute Gasteiger partial charge is 0.310 e. The number of hydrogen-bond donors (Lipinski definition) is 0. The van der Waals surface area contributed by atoms with Crippen LogP contribution in [-0.2, 0) is 0 Å². The average Bonchev–Trinajstić information content (AvgIpc) is 2.66. The highest BCUT2D eigenvalue weighted by atomic mass is 15.1. The zero-order chi connectivity index (χ0) is 17.8. The highest BCUT2D eigenvalue weighted by molar-refractivity contribution is 5.78. The summed E-state index contributed by atoms with van der Waals surface area (Å²) >= 11 is 0. The third-order valence-corrected chi connectivity index (χ3v) is 4.52. The lowest BCUT2D eigenvalue weighted by Gasteiger charge is -2.26. The van der Waals surface area contributed by atoms with Crippen molar-refractivity contribution in [3.63, 3.8) is 0 Å². The van der Waals surface area contributed by atoms with Gasteiger partial charge in [-0.2, -0.15) is 0 Å². The lowest BCUT2D eigenvalue weighted by atomic mass is 10.1. The molecular weight excluding hydrogens is 302 g/mol. The first-order valence-corrected chi connectivity index (χ1v) is 8.45. The van der Waals surface area contributed by atoms with Crippen molar-refractivity contribution in [2.24, 2.45) is 0 Å². The average molecular weight is 325 g/mol. The van der Waals surface area contributed by atoms with E-state index in [-0.39, 0.29) is 0 Å². The molecule has 0 bridgehead atoms. The van der Waals surface area contributed by atoms with Gasteiger partial charge in [0, 0.05) is 17.1 Å². The number of rotatable bonds is 5. The summed E-state index contributed by atoms with van der Waals surface area (Å²) in [6, 6.07) is 23.5. The number of benzene rings is 3. The Morgan fingerprint density at radius 3 is 1.44 bits per heavy atom. The molecule has 1 heteroatoms. The minimum Gasteiger partial charge on any atom is -0.310 e. The first kappa shape index (κ1) is 16.8. The molecule has 25 heavy (non-hydrogen) atoms. The van der Waals surface area contributed by atoms with Gasteiger partial charge in [0.15, 0.2) is 0 Å². The van der Waals surface area contributed by atoms with Crippen LogP contribution in [0, 0.1) is 13.8 Å². The Morgan fingerprint density at radius 1 is 0.600 bits per heavy atom. The van der Waals surface area contributed by atoms with E-state index in [1.807, 2.05) is 12.2 Å². The number of aryl methyl sites for hydroxylation is 2. The third-order valence-electron chi connectivity index (χ3n) is 4.52. The number of anilines is 3. The molecule has 3 rings (SSSR count). The van der Waals surface area contributed by atoms with Gasteiger partial charge >= 0.3 is 0 Å². The molecule has 0 radical (unpaired) electrons. The second-order valence-electron chi connectivity index (χ2n) is 6.20. The molecule has 0 heterocycles. The van der Waals surface area contributed by atoms with Crippen molar-refractivity contribution >= 4 is 29.2 Å². The highest BCUT2D eigenvalue weighted by Gasteiger charge is 2.12. The van der Waals surface area contributed by atoms with E-state index < -0.39 is 0 Å². The summed E-state index contributed by atoms with van der Waals surface area (Å²) in [6.07, 6.45) is 3.73. The third kappa shape index (κ3) is 3.56. The molecule has 0 amide bonds. The highest BCUT2D eigenvalue weighted by Crippen LogP contribution is 2.35. The van der Waals surface area contributed by atoms with E-state index in [9.17, 15) is 0 Å². The van der Waals surface area contributed by atoms with Crippen LogP contribution in [0.1, 0.15) is 22.3 Å². The minimum absolute atomic E-state index is 1.12. The first-order valence-electron chi connectivity index (χ1n) is 8.45. The van der Waals surface area contributed by atoms with E-state index in [0.717, 1.165) is 28.2 Å². The zero-order valence-corrected chi connectivity index (χ0v) is 14.9. The van der Waals surface area contributed by atoms with Crippen molar-refractivity contribution in [3.05, 3.63) is 102 Å². The fourth-order valence-electron chi connectivity index (χ4n) is 2.83. The summed E-state index contributed by atoms with van der Waals surface area (Å²) in [5.41, 5.74) is 8.22. The molecule has 124 valence electrons. The SMILES string of the molecule is C=Cc1ccc(N(c2ccc(C=C)cc2)c2ccc(C)c(C)c2)cc1. The first-order chi connectivity index (χ1) is 12.1. The maximum atomic E-state index is 3.84. The Kier molecular flexibility index (Phi) is 4.85. The van der Waals surface area contributed by atoms with Gasteiger partial charge in [-0.05, 0) is 72.5 Å². The lowest BCUT2D eigenvalue weighted by Crippen LogP contribution is -2.10. The maximum Gasteiger partial charge on any atom is 0.0464 e. The van der Waals surface area contributed by atoms with Gasteiger partial charge in [-0.3, -0.25) is 0 Å². The van der Waals surface area contributed by atoms with Crippen LogP contribution < -0.4 is 4.90 Å². The smallest absolute Gasteiger partial charge is 0.0464 e. The molecule has 0 aromatic heterocycles. The van der Waals surface area contributed by atoms with Gasteiger partial charge in [-0.25, -0.2) is 0 Å². The van der Waals surface area contributed by atoms with Gasteiger partial charge in [-0.15, -0.1) is 0 Å². The molecule has 1 nitrogen and oxygen atoms in total. The summed E-state index contributed by atoms with van der Waals surface area (Å²) < 4.78 is 0. The number of nitrogens with zero attached hydrogens (tertiary/aromatic N) is 1. The second-order valence-corrected chi connectivity index (χ2v) is 6.20. The molecule has 0 N–H and O–H groups in total. The molecule has 0 unspecified atom stereocenters. The number of hydrogen-bond acceptors (Lipinski definition) is 1.